The van der Waals surface area contributed by atoms with Crippen molar-refractivity contribution in [2.45, 2.75) is 19.3 Å². The SMILES string of the molecule is COc1ccc(C[C@@H]2CCCNC2)cc1. The van der Waals surface area contributed by atoms with Gasteiger partial charge in [0.2, 0.25) is 0 Å². The lowest BCUT2D eigenvalue weighted by atomic mass is 9.92. The van der Waals surface area contributed by atoms with Crippen LogP contribution in [0.4, 0.5) is 0 Å². The Labute approximate surface area is 91.6 Å². The minimum absolute atomic E-state index is 0.812. The van der Waals surface area contributed by atoms with Crippen LogP contribution in [0.1, 0.15) is 18.4 Å². The normalized spacial score (nSPS) is 21.3. The number of rotatable bonds is 3. The van der Waals surface area contributed by atoms with Gasteiger partial charge in [-0.05, 0) is 56.0 Å². The van der Waals surface area contributed by atoms with E-state index in [1.54, 1.807) is 7.11 Å². The lowest BCUT2D eigenvalue weighted by molar-refractivity contribution is 0.375. The molecule has 1 heterocycles. The van der Waals surface area contributed by atoms with E-state index in [-0.39, 0.29) is 0 Å². The highest BCUT2D eigenvalue weighted by Gasteiger charge is 2.13. The van der Waals surface area contributed by atoms with Crippen LogP contribution in [0.15, 0.2) is 24.3 Å². The fraction of sp³-hybridized carbons (Fsp3) is 0.538. The fourth-order valence-corrected chi connectivity index (χ4v) is 2.19. The highest BCUT2D eigenvalue weighted by molar-refractivity contribution is 5.27. The zero-order chi connectivity index (χ0) is 10.5. The summed E-state index contributed by atoms with van der Waals surface area (Å²) in [5.41, 5.74) is 1.42. The number of benzene rings is 1. The van der Waals surface area contributed by atoms with Crippen LogP contribution in [0.25, 0.3) is 0 Å². The van der Waals surface area contributed by atoms with Crippen molar-refractivity contribution in [3.63, 3.8) is 0 Å². The molecule has 1 aromatic rings. The van der Waals surface area contributed by atoms with Gasteiger partial charge in [-0.25, -0.2) is 0 Å². The number of piperidine rings is 1. The summed E-state index contributed by atoms with van der Waals surface area (Å²) in [4.78, 5) is 0. The topological polar surface area (TPSA) is 21.3 Å². The number of ether oxygens (including phenoxy) is 1. The van der Waals surface area contributed by atoms with Crippen LogP contribution in [0, 0.1) is 5.92 Å². The van der Waals surface area contributed by atoms with Crippen molar-refractivity contribution in [3.8, 4) is 5.75 Å². The molecule has 0 amide bonds. The molecule has 1 fully saturated rings. The molecule has 1 aliphatic rings. The average molecular weight is 205 g/mol. The van der Waals surface area contributed by atoms with Crippen molar-refractivity contribution in [1.29, 1.82) is 0 Å². The summed E-state index contributed by atoms with van der Waals surface area (Å²) in [6.07, 6.45) is 3.87. The summed E-state index contributed by atoms with van der Waals surface area (Å²) >= 11 is 0. The molecule has 0 saturated carbocycles. The van der Waals surface area contributed by atoms with E-state index < -0.39 is 0 Å². The summed E-state index contributed by atoms with van der Waals surface area (Å²) in [6.45, 7) is 2.37. The monoisotopic (exact) mass is 205 g/mol. The molecule has 0 aliphatic carbocycles. The first-order valence-corrected chi connectivity index (χ1v) is 5.72. The van der Waals surface area contributed by atoms with Gasteiger partial charge in [0.05, 0.1) is 7.11 Å². The molecular formula is C13H19NO. The molecule has 2 nitrogen and oxygen atoms in total. The van der Waals surface area contributed by atoms with Crippen LogP contribution < -0.4 is 10.1 Å². The minimum atomic E-state index is 0.812. The van der Waals surface area contributed by atoms with E-state index in [1.807, 2.05) is 12.1 Å². The Balaban J connectivity index is 1.91. The van der Waals surface area contributed by atoms with Gasteiger partial charge in [-0.15, -0.1) is 0 Å². The Hall–Kier alpha value is -1.02. The Morgan fingerprint density at radius 1 is 1.33 bits per heavy atom. The van der Waals surface area contributed by atoms with Crippen molar-refractivity contribution in [2.24, 2.45) is 5.92 Å². The fourth-order valence-electron chi connectivity index (χ4n) is 2.19. The molecule has 82 valence electrons. The Bertz CT molecular complexity index is 288. The maximum atomic E-state index is 5.15. The second kappa shape index (κ2) is 5.17. The van der Waals surface area contributed by atoms with Crippen molar-refractivity contribution in [2.75, 3.05) is 20.2 Å². The van der Waals surface area contributed by atoms with Gasteiger partial charge >= 0.3 is 0 Å². The van der Waals surface area contributed by atoms with Crippen LogP contribution >= 0.6 is 0 Å². The molecule has 2 rings (SSSR count). The lowest BCUT2D eigenvalue weighted by Gasteiger charge is -2.22. The molecule has 1 atom stereocenters. The van der Waals surface area contributed by atoms with Crippen LogP contribution in [0.5, 0.6) is 5.75 Å². The van der Waals surface area contributed by atoms with Gasteiger partial charge in [-0.3, -0.25) is 0 Å². The predicted molar refractivity (Wildman–Crippen MR) is 62.3 cm³/mol. The largest absolute Gasteiger partial charge is 0.497 e. The summed E-state index contributed by atoms with van der Waals surface area (Å²) in [5, 5.41) is 3.45. The molecule has 1 N–H and O–H groups in total. The van der Waals surface area contributed by atoms with Gasteiger partial charge in [-0.1, -0.05) is 12.1 Å². The van der Waals surface area contributed by atoms with Gasteiger partial charge in [-0.2, -0.15) is 0 Å². The molecule has 0 aromatic heterocycles. The first-order chi connectivity index (χ1) is 7.38. The smallest absolute Gasteiger partial charge is 0.118 e. The third kappa shape index (κ3) is 2.96. The molecule has 0 bridgehead atoms. The first-order valence-electron chi connectivity index (χ1n) is 5.72. The highest BCUT2D eigenvalue weighted by atomic mass is 16.5. The van der Waals surface area contributed by atoms with E-state index in [1.165, 1.54) is 37.9 Å². The Morgan fingerprint density at radius 3 is 2.73 bits per heavy atom. The second-order valence-electron chi connectivity index (χ2n) is 4.26. The Morgan fingerprint density at radius 2 is 2.13 bits per heavy atom. The first kappa shape index (κ1) is 10.5. The van der Waals surface area contributed by atoms with E-state index in [4.69, 9.17) is 4.74 Å². The molecule has 0 unspecified atom stereocenters. The quantitative estimate of drug-likeness (QED) is 0.817. The number of hydrogen-bond acceptors (Lipinski definition) is 2. The summed E-state index contributed by atoms with van der Waals surface area (Å²) < 4.78 is 5.15. The van der Waals surface area contributed by atoms with Gasteiger partial charge in [0.25, 0.3) is 0 Å². The van der Waals surface area contributed by atoms with E-state index in [2.05, 4.69) is 17.4 Å². The maximum Gasteiger partial charge on any atom is 0.118 e. The number of methoxy groups -OCH3 is 1. The van der Waals surface area contributed by atoms with E-state index >= 15 is 0 Å². The Kier molecular flexibility index (Phi) is 3.62. The molecule has 15 heavy (non-hydrogen) atoms. The van der Waals surface area contributed by atoms with Crippen LogP contribution in [-0.2, 0) is 6.42 Å². The highest BCUT2D eigenvalue weighted by Crippen LogP contribution is 2.18. The molecule has 2 heteroatoms. The zero-order valence-electron chi connectivity index (χ0n) is 9.33. The molecule has 1 saturated heterocycles. The minimum Gasteiger partial charge on any atom is -0.497 e. The van der Waals surface area contributed by atoms with E-state index in [0.29, 0.717) is 0 Å². The van der Waals surface area contributed by atoms with Crippen LogP contribution in [0.3, 0.4) is 0 Å². The van der Waals surface area contributed by atoms with Gasteiger partial charge in [0.15, 0.2) is 0 Å². The molecule has 1 aliphatic heterocycles. The molecular weight excluding hydrogens is 186 g/mol. The van der Waals surface area contributed by atoms with Gasteiger partial charge in [0, 0.05) is 0 Å². The maximum absolute atomic E-state index is 5.15. The van der Waals surface area contributed by atoms with Crippen molar-refractivity contribution >= 4 is 0 Å². The third-order valence-electron chi connectivity index (χ3n) is 3.08. The van der Waals surface area contributed by atoms with Crippen molar-refractivity contribution in [3.05, 3.63) is 29.8 Å². The average Bonchev–Trinajstić information content (AvgIpc) is 2.31. The van der Waals surface area contributed by atoms with Crippen molar-refractivity contribution < 1.29 is 4.74 Å². The molecule has 0 radical (unpaired) electrons. The van der Waals surface area contributed by atoms with Gasteiger partial charge < -0.3 is 10.1 Å². The predicted octanol–water partition coefficient (Wildman–Crippen LogP) is 2.24. The van der Waals surface area contributed by atoms with Gasteiger partial charge in [0.1, 0.15) is 5.75 Å². The standard InChI is InChI=1S/C13H19NO/c1-15-13-6-4-11(5-7-13)9-12-3-2-8-14-10-12/h4-7,12,14H,2-3,8-10H2,1H3/t12-/m0/s1. The molecule has 1 aromatic carbocycles. The summed E-state index contributed by atoms with van der Waals surface area (Å²) in [6, 6.07) is 8.44. The van der Waals surface area contributed by atoms with E-state index in [9.17, 15) is 0 Å². The van der Waals surface area contributed by atoms with Crippen molar-refractivity contribution in [1.82, 2.24) is 5.32 Å². The second-order valence-corrected chi connectivity index (χ2v) is 4.26. The van der Waals surface area contributed by atoms with Crippen LogP contribution in [-0.4, -0.2) is 20.2 Å². The number of nitrogens with one attached hydrogen (secondary N) is 1. The third-order valence-corrected chi connectivity index (χ3v) is 3.08. The summed E-state index contributed by atoms with van der Waals surface area (Å²) in [7, 11) is 1.71. The number of hydrogen-bond donors (Lipinski definition) is 1. The summed E-state index contributed by atoms with van der Waals surface area (Å²) in [5.74, 6) is 1.76. The zero-order valence-corrected chi connectivity index (χ0v) is 9.33. The lowest BCUT2D eigenvalue weighted by Crippen LogP contribution is -2.30. The van der Waals surface area contributed by atoms with Crippen LogP contribution in [0.2, 0.25) is 0 Å². The van der Waals surface area contributed by atoms with E-state index in [0.717, 1.165) is 11.7 Å². The molecule has 0 spiro atoms.